The van der Waals surface area contributed by atoms with Gasteiger partial charge in [-0.3, -0.25) is 14.5 Å². The molecule has 1 fully saturated rings. The summed E-state index contributed by atoms with van der Waals surface area (Å²) in [5.74, 6) is -0.332. The summed E-state index contributed by atoms with van der Waals surface area (Å²) in [6.45, 7) is 4.13. The van der Waals surface area contributed by atoms with E-state index < -0.39 is 0 Å². The predicted molar refractivity (Wildman–Crippen MR) is 118 cm³/mol. The Morgan fingerprint density at radius 1 is 0.968 bits per heavy atom. The molecule has 0 saturated carbocycles. The first-order chi connectivity index (χ1) is 15.1. The fourth-order valence-corrected chi connectivity index (χ4v) is 3.56. The molecule has 0 aromatic heterocycles. The summed E-state index contributed by atoms with van der Waals surface area (Å²) in [6, 6.07) is 15.7. The third-order valence-electron chi connectivity index (χ3n) is 5.23. The molecular weight excluding hydrogens is 397 g/mol. The zero-order valence-electron chi connectivity index (χ0n) is 17.8. The van der Waals surface area contributed by atoms with Gasteiger partial charge in [-0.25, -0.2) is 4.39 Å². The normalized spacial score (nSPS) is 14.8. The highest BCUT2D eigenvalue weighted by Crippen LogP contribution is 2.10. The Labute approximate surface area is 183 Å². The minimum Gasteiger partial charge on any atom is -0.377 e. The molecule has 0 unspecified atom stereocenters. The van der Waals surface area contributed by atoms with Crippen LogP contribution in [0.2, 0.25) is 0 Å². The monoisotopic (exact) mass is 427 g/mol. The molecule has 0 spiro atoms. The average Bonchev–Trinajstić information content (AvgIpc) is 3.01. The van der Waals surface area contributed by atoms with Gasteiger partial charge in [-0.2, -0.15) is 0 Å². The zero-order valence-corrected chi connectivity index (χ0v) is 17.8. The van der Waals surface area contributed by atoms with Crippen molar-refractivity contribution in [1.82, 2.24) is 9.80 Å². The van der Waals surface area contributed by atoms with E-state index in [2.05, 4.69) is 10.2 Å². The maximum absolute atomic E-state index is 13.0. The number of nitrogens with zero attached hydrogens (tertiary/aromatic N) is 2. The number of hydrogen-bond donors (Lipinski definition) is 1. The molecule has 1 aliphatic heterocycles. The van der Waals surface area contributed by atoms with Crippen LogP contribution in [0.5, 0.6) is 0 Å². The number of benzene rings is 2. The lowest BCUT2D eigenvalue weighted by Gasteiger charge is -2.22. The van der Waals surface area contributed by atoms with Crippen LogP contribution in [-0.4, -0.2) is 60.9 Å². The third-order valence-corrected chi connectivity index (χ3v) is 5.23. The van der Waals surface area contributed by atoms with Crippen LogP contribution in [0.3, 0.4) is 0 Å². The summed E-state index contributed by atoms with van der Waals surface area (Å²) >= 11 is 0. The molecule has 1 N–H and O–H groups in total. The molecule has 0 aliphatic carbocycles. The minimum absolute atomic E-state index is 0.137. The van der Waals surface area contributed by atoms with Gasteiger partial charge in [0.05, 0.1) is 13.2 Å². The molecule has 1 saturated heterocycles. The molecule has 31 heavy (non-hydrogen) atoms. The highest BCUT2D eigenvalue weighted by atomic mass is 19.1. The van der Waals surface area contributed by atoms with Crippen molar-refractivity contribution in [2.45, 2.75) is 25.9 Å². The predicted octanol–water partition coefficient (Wildman–Crippen LogP) is 3.30. The van der Waals surface area contributed by atoms with Crippen LogP contribution in [0.1, 0.15) is 24.8 Å². The van der Waals surface area contributed by atoms with Gasteiger partial charge >= 0.3 is 0 Å². The van der Waals surface area contributed by atoms with E-state index in [1.807, 2.05) is 35.2 Å². The molecule has 2 aromatic carbocycles. The van der Waals surface area contributed by atoms with Crippen LogP contribution in [-0.2, 0) is 20.9 Å². The second-order valence-electron chi connectivity index (χ2n) is 7.71. The van der Waals surface area contributed by atoms with Crippen molar-refractivity contribution >= 4 is 17.5 Å². The van der Waals surface area contributed by atoms with Gasteiger partial charge in [0.15, 0.2) is 0 Å². The number of nitrogens with one attached hydrogen (secondary N) is 1. The Balaban J connectivity index is 1.32. The second-order valence-corrected chi connectivity index (χ2v) is 7.71. The number of carbonyl (C=O) groups excluding carboxylic acids is 2. The van der Waals surface area contributed by atoms with Gasteiger partial charge in [0.1, 0.15) is 5.82 Å². The van der Waals surface area contributed by atoms with E-state index in [0.29, 0.717) is 51.4 Å². The van der Waals surface area contributed by atoms with Gasteiger partial charge in [0.25, 0.3) is 0 Å². The molecule has 1 heterocycles. The number of anilines is 1. The number of amides is 2. The van der Waals surface area contributed by atoms with E-state index in [4.69, 9.17) is 4.74 Å². The van der Waals surface area contributed by atoms with Crippen molar-refractivity contribution in [3.8, 4) is 0 Å². The molecule has 1 aliphatic rings. The fraction of sp³-hybridized carbons (Fsp3) is 0.417. The molecule has 3 rings (SSSR count). The maximum Gasteiger partial charge on any atom is 0.238 e. The number of carbonyl (C=O) groups is 2. The van der Waals surface area contributed by atoms with Crippen LogP contribution < -0.4 is 5.32 Å². The first kappa shape index (κ1) is 22.9. The van der Waals surface area contributed by atoms with E-state index in [1.165, 1.54) is 12.1 Å². The minimum atomic E-state index is -0.335. The van der Waals surface area contributed by atoms with E-state index in [9.17, 15) is 14.0 Å². The zero-order chi connectivity index (χ0) is 21.9. The molecule has 2 amide bonds. The topological polar surface area (TPSA) is 61.9 Å². The van der Waals surface area contributed by atoms with E-state index in [-0.39, 0.29) is 24.2 Å². The van der Waals surface area contributed by atoms with Gasteiger partial charge in [0, 0.05) is 44.9 Å². The van der Waals surface area contributed by atoms with Gasteiger partial charge in [-0.1, -0.05) is 30.3 Å². The molecule has 2 aromatic rings. The average molecular weight is 428 g/mol. The lowest BCUT2D eigenvalue weighted by Crippen LogP contribution is -2.38. The van der Waals surface area contributed by atoms with Crippen molar-refractivity contribution in [3.05, 3.63) is 66.0 Å². The quantitative estimate of drug-likeness (QED) is 0.624. The number of halogens is 1. The summed E-state index contributed by atoms with van der Waals surface area (Å²) in [7, 11) is 0. The molecule has 0 bridgehead atoms. The Kier molecular flexibility index (Phi) is 8.99. The Morgan fingerprint density at radius 2 is 1.74 bits per heavy atom. The van der Waals surface area contributed by atoms with Crippen molar-refractivity contribution in [3.63, 3.8) is 0 Å². The van der Waals surface area contributed by atoms with Crippen molar-refractivity contribution in [1.29, 1.82) is 0 Å². The van der Waals surface area contributed by atoms with Gasteiger partial charge in [-0.15, -0.1) is 0 Å². The molecule has 0 atom stereocenters. The summed E-state index contributed by atoms with van der Waals surface area (Å²) in [5.41, 5.74) is 1.71. The van der Waals surface area contributed by atoms with Crippen LogP contribution >= 0.6 is 0 Å². The molecule has 6 nitrogen and oxygen atoms in total. The molecule has 0 radical (unpaired) electrons. The standard InChI is InChI=1S/C24H30FN3O3/c25-21-9-11-22(12-10-21)26-23(29)18-27-13-5-14-28(16-15-27)24(30)8-4-17-31-19-20-6-2-1-3-7-20/h1-3,6-7,9-12H,4-5,8,13-19H2,(H,26,29). The first-order valence-electron chi connectivity index (χ1n) is 10.8. The van der Waals surface area contributed by atoms with E-state index in [1.54, 1.807) is 12.1 Å². The summed E-state index contributed by atoms with van der Waals surface area (Å²) in [4.78, 5) is 28.7. The highest BCUT2D eigenvalue weighted by molar-refractivity contribution is 5.92. The first-order valence-corrected chi connectivity index (χ1v) is 10.8. The van der Waals surface area contributed by atoms with Crippen LogP contribution in [0.25, 0.3) is 0 Å². The number of hydrogen-bond acceptors (Lipinski definition) is 4. The van der Waals surface area contributed by atoms with E-state index in [0.717, 1.165) is 18.5 Å². The smallest absolute Gasteiger partial charge is 0.238 e. The van der Waals surface area contributed by atoms with Crippen LogP contribution in [0, 0.1) is 5.82 Å². The molecule has 7 heteroatoms. The summed E-state index contributed by atoms with van der Waals surface area (Å²) in [6.07, 6.45) is 2.01. The molecular formula is C24H30FN3O3. The Bertz CT molecular complexity index is 830. The number of rotatable bonds is 9. The largest absolute Gasteiger partial charge is 0.377 e. The maximum atomic E-state index is 13.0. The summed E-state index contributed by atoms with van der Waals surface area (Å²) in [5, 5.41) is 2.78. The van der Waals surface area contributed by atoms with Gasteiger partial charge in [0.2, 0.25) is 11.8 Å². The van der Waals surface area contributed by atoms with Crippen molar-refractivity contribution < 1.29 is 18.7 Å². The van der Waals surface area contributed by atoms with Crippen LogP contribution in [0.4, 0.5) is 10.1 Å². The van der Waals surface area contributed by atoms with Crippen molar-refractivity contribution in [2.75, 3.05) is 44.6 Å². The Hall–Kier alpha value is -2.77. The van der Waals surface area contributed by atoms with E-state index >= 15 is 0 Å². The second kappa shape index (κ2) is 12.2. The Morgan fingerprint density at radius 3 is 2.52 bits per heavy atom. The lowest BCUT2D eigenvalue weighted by atomic mass is 10.2. The SMILES string of the molecule is O=C(CN1CCCN(C(=O)CCCOCc2ccccc2)CC1)Nc1ccc(F)cc1. The molecule has 166 valence electrons. The van der Waals surface area contributed by atoms with Gasteiger partial charge in [-0.05, 0) is 42.7 Å². The summed E-state index contributed by atoms with van der Waals surface area (Å²) < 4.78 is 18.6. The lowest BCUT2D eigenvalue weighted by molar-refractivity contribution is -0.131. The van der Waals surface area contributed by atoms with Crippen LogP contribution in [0.15, 0.2) is 54.6 Å². The van der Waals surface area contributed by atoms with Gasteiger partial charge < -0.3 is 15.0 Å². The highest BCUT2D eigenvalue weighted by Gasteiger charge is 2.20. The number of ether oxygens (including phenoxy) is 1. The fourth-order valence-electron chi connectivity index (χ4n) is 3.56. The third kappa shape index (κ3) is 8.11. The van der Waals surface area contributed by atoms with Crippen molar-refractivity contribution in [2.24, 2.45) is 0 Å².